The second-order valence-electron chi connectivity index (χ2n) is 13.8. The summed E-state index contributed by atoms with van der Waals surface area (Å²) in [7, 11) is 0. The van der Waals surface area contributed by atoms with Crippen molar-refractivity contribution in [2.45, 2.75) is 0 Å². The number of nitrogens with zero attached hydrogens (tertiary/aromatic N) is 3. The van der Waals surface area contributed by atoms with Crippen molar-refractivity contribution in [2.24, 2.45) is 0 Å². The Morgan fingerprint density at radius 2 is 1.06 bits per heavy atom. The van der Waals surface area contributed by atoms with Crippen LogP contribution in [-0.2, 0) is 0 Å². The predicted molar refractivity (Wildman–Crippen MR) is 223 cm³/mol. The van der Waals surface area contributed by atoms with Crippen molar-refractivity contribution in [2.75, 3.05) is 0 Å². The molecule has 0 aliphatic heterocycles. The molecule has 0 aliphatic rings. The Bertz CT molecular complexity index is 3200. The number of hydrogen-bond donors (Lipinski definition) is 0. The fraction of sp³-hybridized carbons (Fsp3) is 0. The Morgan fingerprint density at radius 3 is 1.87 bits per heavy atom. The first-order chi connectivity index (χ1) is 26.8. The minimum absolute atomic E-state index is 0.713. The minimum Gasteiger partial charge on any atom is -0.455 e. The molecule has 0 saturated heterocycles. The molecule has 0 amide bonds. The first-order valence-corrected chi connectivity index (χ1v) is 18.2. The molecular formula is C50H31N3O. The Kier molecular flexibility index (Phi) is 6.82. The first kappa shape index (κ1) is 30.3. The van der Waals surface area contributed by atoms with Crippen LogP contribution in [0, 0.1) is 0 Å². The molecule has 54 heavy (non-hydrogen) atoms. The SMILES string of the molecule is c1ccc(-c2ccc3c(c2)c2ccccc2n3-c2ccc3oc4c(-c5ccc6nc(-c7ccccc7)nc(-c7ccccc7)c6c5)cccc4c3c2)cc1. The highest BCUT2D eigenvalue weighted by Gasteiger charge is 2.18. The molecule has 0 saturated carbocycles. The Labute approximate surface area is 311 Å². The number of aromatic nitrogens is 3. The summed E-state index contributed by atoms with van der Waals surface area (Å²) < 4.78 is 9.09. The molecule has 0 spiro atoms. The highest BCUT2D eigenvalue weighted by atomic mass is 16.3. The number of para-hydroxylation sites is 2. The van der Waals surface area contributed by atoms with E-state index in [2.05, 4.69) is 168 Å². The molecule has 0 bridgehead atoms. The fourth-order valence-electron chi connectivity index (χ4n) is 8.04. The third-order valence-corrected chi connectivity index (χ3v) is 10.6. The summed E-state index contributed by atoms with van der Waals surface area (Å²) in [4.78, 5) is 10.2. The molecule has 3 aromatic heterocycles. The molecule has 0 N–H and O–H groups in total. The molecule has 8 aromatic carbocycles. The zero-order valence-electron chi connectivity index (χ0n) is 29.1. The van der Waals surface area contributed by atoms with Gasteiger partial charge in [-0.15, -0.1) is 0 Å². The quantitative estimate of drug-likeness (QED) is 0.181. The zero-order valence-corrected chi connectivity index (χ0v) is 29.1. The number of rotatable bonds is 5. The topological polar surface area (TPSA) is 43.9 Å². The molecule has 11 aromatic rings. The average molecular weight is 690 g/mol. The molecular weight excluding hydrogens is 659 g/mol. The Balaban J connectivity index is 1.07. The lowest BCUT2D eigenvalue weighted by molar-refractivity contribution is 0.670. The van der Waals surface area contributed by atoms with Crippen LogP contribution in [0.1, 0.15) is 0 Å². The summed E-state index contributed by atoms with van der Waals surface area (Å²) in [6, 6.07) is 66.1. The average Bonchev–Trinajstić information content (AvgIpc) is 3.79. The van der Waals surface area contributed by atoms with Gasteiger partial charge in [-0.05, 0) is 65.2 Å². The monoisotopic (exact) mass is 689 g/mol. The molecule has 0 fully saturated rings. The van der Waals surface area contributed by atoms with Crippen molar-refractivity contribution in [3.8, 4) is 50.6 Å². The maximum Gasteiger partial charge on any atom is 0.160 e. The number of hydrogen-bond acceptors (Lipinski definition) is 3. The van der Waals surface area contributed by atoms with Gasteiger partial charge in [-0.2, -0.15) is 0 Å². The van der Waals surface area contributed by atoms with Gasteiger partial charge in [0.25, 0.3) is 0 Å². The van der Waals surface area contributed by atoms with Gasteiger partial charge < -0.3 is 8.98 Å². The maximum absolute atomic E-state index is 6.71. The molecule has 4 heteroatoms. The van der Waals surface area contributed by atoms with Gasteiger partial charge in [-0.3, -0.25) is 0 Å². The molecule has 0 atom stereocenters. The minimum atomic E-state index is 0.713. The lowest BCUT2D eigenvalue weighted by Crippen LogP contribution is -1.95. The van der Waals surface area contributed by atoms with Crippen LogP contribution in [0.4, 0.5) is 0 Å². The van der Waals surface area contributed by atoms with E-state index in [4.69, 9.17) is 14.4 Å². The number of fused-ring (bicyclic) bond motifs is 7. The van der Waals surface area contributed by atoms with E-state index in [-0.39, 0.29) is 0 Å². The zero-order chi connectivity index (χ0) is 35.6. The van der Waals surface area contributed by atoms with Crippen LogP contribution in [0.5, 0.6) is 0 Å². The first-order valence-electron chi connectivity index (χ1n) is 18.2. The van der Waals surface area contributed by atoms with Crippen LogP contribution in [0.3, 0.4) is 0 Å². The van der Waals surface area contributed by atoms with Crippen molar-refractivity contribution >= 4 is 54.6 Å². The van der Waals surface area contributed by atoms with Crippen LogP contribution in [0.25, 0.3) is 105 Å². The second-order valence-corrected chi connectivity index (χ2v) is 13.8. The van der Waals surface area contributed by atoms with Gasteiger partial charge in [0, 0.05) is 49.3 Å². The molecule has 252 valence electrons. The van der Waals surface area contributed by atoms with Gasteiger partial charge in [-0.25, -0.2) is 9.97 Å². The standard InChI is InChI=1S/C50H31N3O/c1-4-13-32(14-5-1)35-24-27-46-41(29-35)39-19-10-11-22-45(39)53(46)37-25-28-47-42(31-37)40-21-12-20-38(49(40)54-47)36-23-26-44-43(30-36)48(33-15-6-2-7-16-33)52-50(51-44)34-17-8-3-9-18-34/h1-31H. The Morgan fingerprint density at radius 1 is 0.389 bits per heavy atom. The summed E-state index contributed by atoms with van der Waals surface area (Å²) in [6.07, 6.45) is 0. The van der Waals surface area contributed by atoms with Gasteiger partial charge in [0.15, 0.2) is 5.82 Å². The molecule has 0 aliphatic carbocycles. The van der Waals surface area contributed by atoms with Crippen LogP contribution < -0.4 is 0 Å². The van der Waals surface area contributed by atoms with Crippen molar-refractivity contribution in [1.82, 2.24) is 14.5 Å². The van der Waals surface area contributed by atoms with Gasteiger partial charge >= 0.3 is 0 Å². The van der Waals surface area contributed by atoms with Gasteiger partial charge in [0.1, 0.15) is 11.2 Å². The molecule has 11 rings (SSSR count). The van der Waals surface area contributed by atoms with E-state index in [9.17, 15) is 0 Å². The summed E-state index contributed by atoms with van der Waals surface area (Å²) in [6.45, 7) is 0. The molecule has 0 unspecified atom stereocenters. The smallest absolute Gasteiger partial charge is 0.160 e. The number of furan rings is 1. The van der Waals surface area contributed by atoms with Crippen LogP contribution in [0.2, 0.25) is 0 Å². The van der Waals surface area contributed by atoms with E-state index in [1.54, 1.807) is 0 Å². The third kappa shape index (κ3) is 4.85. The van der Waals surface area contributed by atoms with E-state index < -0.39 is 0 Å². The summed E-state index contributed by atoms with van der Waals surface area (Å²) >= 11 is 0. The van der Waals surface area contributed by atoms with Crippen molar-refractivity contribution in [3.05, 3.63) is 188 Å². The van der Waals surface area contributed by atoms with E-state index in [1.165, 1.54) is 32.9 Å². The van der Waals surface area contributed by atoms with Crippen LogP contribution >= 0.6 is 0 Å². The predicted octanol–water partition coefficient (Wildman–Crippen LogP) is 13.3. The van der Waals surface area contributed by atoms with E-state index >= 15 is 0 Å². The third-order valence-electron chi connectivity index (χ3n) is 10.6. The molecule has 3 heterocycles. The normalized spacial score (nSPS) is 11.7. The fourth-order valence-corrected chi connectivity index (χ4v) is 8.04. The number of benzene rings is 8. The summed E-state index contributed by atoms with van der Waals surface area (Å²) in [5.41, 5.74) is 13.5. The van der Waals surface area contributed by atoms with Crippen LogP contribution in [-0.4, -0.2) is 14.5 Å². The highest BCUT2D eigenvalue weighted by Crippen LogP contribution is 2.41. The Hall–Kier alpha value is -7.30. The highest BCUT2D eigenvalue weighted by molar-refractivity contribution is 6.13. The van der Waals surface area contributed by atoms with Crippen LogP contribution in [0.15, 0.2) is 192 Å². The summed E-state index contributed by atoms with van der Waals surface area (Å²) in [5.74, 6) is 0.713. The van der Waals surface area contributed by atoms with Gasteiger partial charge in [0.2, 0.25) is 0 Å². The molecule has 4 nitrogen and oxygen atoms in total. The second kappa shape index (κ2) is 12.1. The largest absolute Gasteiger partial charge is 0.455 e. The van der Waals surface area contributed by atoms with Crippen molar-refractivity contribution in [3.63, 3.8) is 0 Å². The van der Waals surface area contributed by atoms with E-state index in [1.807, 2.05) is 24.3 Å². The van der Waals surface area contributed by atoms with E-state index in [0.29, 0.717) is 5.82 Å². The van der Waals surface area contributed by atoms with Crippen molar-refractivity contribution < 1.29 is 4.42 Å². The van der Waals surface area contributed by atoms with Gasteiger partial charge in [-0.1, -0.05) is 140 Å². The lowest BCUT2D eigenvalue weighted by Gasteiger charge is -2.11. The van der Waals surface area contributed by atoms with Gasteiger partial charge in [0.05, 0.1) is 22.2 Å². The summed E-state index contributed by atoms with van der Waals surface area (Å²) in [5, 5.41) is 5.62. The van der Waals surface area contributed by atoms with Crippen molar-refractivity contribution in [1.29, 1.82) is 0 Å². The lowest BCUT2D eigenvalue weighted by atomic mass is 9.98. The van der Waals surface area contributed by atoms with E-state index in [0.717, 1.165) is 66.5 Å². The maximum atomic E-state index is 6.71. The molecule has 0 radical (unpaired) electrons.